The minimum Gasteiger partial charge on any atom is -0.480 e. The fraction of sp³-hybridized carbons (Fsp3) is 0.312. The number of carboxylic acids is 1. The van der Waals surface area contributed by atoms with Crippen molar-refractivity contribution in [2.24, 2.45) is 5.92 Å². The Morgan fingerprint density at radius 3 is 2.59 bits per heavy atom. The Morgan fingerprint density at radius 2 is 2.00 bits per heavy atom. The molecular formula is C16H16N2O4. The molecule has 0 spiro atoms. The molecule has 1 atom stereocenters. The van der Waals surface area contributed by atoms with Crippen LogP contribution in [0.25, 0.3) is 11.5 Å². The summed E-state index contributed by atoms with van der Waals surface area (Å²) in [5, 5.41) is 11.7. The Morgan fingerprint density at radius 1 is 1.32 bits per heavy atom. The normalized spacial score (nSPS) is 15.3. The van der Waals surface area contributed by atoms with Crippen LogP contribution in [0.1, 0.15) is 29.1 Å². The fourth-order valence-electron chi connectivity index (χ4n) is 2.33. The van der Waals surface area contributed by atoms with Crippen LogP contribution in [0.15, 0.2) is 34.7 Å². The Balaban J connectivity index is 1.81. The van der Waals surface area contributed by atoms with Crippen LogP contribution in [-0.4, -0.2) is 28.0 Å². The van der Waals surface area contributed by atoms with Gasteiger partial charge in [0.25, 0.3) is 5.91 Å². The molecule has 1 unspecified atom stereocenters. The molecule has 1 heterocycles. The van der Waals surface area contributed by atoms with Crippen molar-refractivity contribution in [2.75, 3.05) is 0 Å². The number of oxazole rings is 1. The molecule has 22 heavy (non-hydrogen) atoms. The van der Waals surface area contributed by atoms with Crippen molar-refractivity contribution in [3.8, 4) is 11.5 Å². The molecule has 1 aromatic carbocycles. The van der Waals surface area contributed by atoms with Gasteiger partial charge >= 0.3 is 5.97 Å². The second kappa shape index (κ2) is 5.63. The van der Waals surface area contributed by atoms with Gasteiger partial charge in [-0.2, -0.15) is 0 Å². The molecule has 2 aromatic rings. The topological polar surface area (TPSA) is 92.4 Å². The van der Waals surface area contributed by atoms with E-state index in [9.17, 15) is 14.7 Å². The highest BCUT2D eigenvalue weighted by Gasteiger charge is 2.38. The number of carbonyl (C=O) groups excluding carboxylic acids is 1. The van der Waals surface area contributed by atoms with E-state index < -0.39 is 17.9 Å². The zero-order chi connectivity index (χ0) is 15.7. The van der Waals surface area contributed by atoms with Gasteiger partial charge in [0.15, 0.2) is 5.69 Å². The molecule has 1 saturated carbocycles. The number of aryl methyl sites for hydroxylation is 1. The molecule has 1 fully saturated rings. The fourth-order valence-corrected chi connectivity index (χ4v) is 2.33. The third-order valence-electron chi connectivity index (χ3n) is 3.68. The van der Waals surface area contributed by atoms with Crippen molar-refractivity contribution in [3.05, 3.63) is 41.8 Å². The SMILES string of the molecule is Cc1oc(-c2ccccc2)nc1C(=O)NC(C(=O)O)C1CC1. The molecule has 2 N–H and O–H groups in total. The summed E-state index contributed by atoms with van der Waals surface area (Å²) in [5.74, 6) is -0.789. The van der Waals surface area contributed by atoms with Crippen molar-refractivity contribution in [1.29, 1.82) is 0 Å². The lowest BCUT2D eigenvalue weighted by Gasteiger charge is -2.12. The maximum Gasteiger partial charge on any atom is 0.326 e. The highest BCUT2D eigenvalue weighted by atomic mass is 16.4. The molecule has 1 amide bonds. The average molecular weight is 300 g/mol. The first kappa shape index (κ1) is 14.3. The molecule has 0 saturated heterocycles. The van der Waals surface area contributed by atoms with Crippen LogP contribution in [0.2, 0.25) is 0 Å². The molecule has 0 bridgehead atoms. The second-order valence-corrected chi connectivity index (χ2v) is 5.42. The minimum atomic E-state index is -1.01. The van der Waals surface area contributed by atoms with Gasteiger partial charge in [-0.1, -0.05) is 18.2 Å². The van der Waals surface area contributed by atoms with E-state index in [1.165, 1.54) is 0 Å². The predicted octanol–water partition coefficient (Wildman–Crippen LogP) is 2.24. The van der Waals surface area contributed by atoms with E-state index in [0.29, 0.717) is 11.7 Å². The molecule has 114 valence electrons. The highest BCUT2D eigenvalue weighted by molar-refractivity contribution is 5.96. The maximum absolute atomic E-state index is 12.3. The molecule has 0 radical (unpaired) electrons. The summed E-state index contributed by atoms with van der Waals surface area (Å²) in [6.07, 6.45) is 1.65. The van der Waals surface area contributed by atoms with Crippen molar-refractivity contribution in [2.45, 2.75) is 25.8 Å². The van der Waals surface area contributed by atoms with Gasteiger partial charge in [-0.05, 0) is 37.8 Å². The molecule has 0 aliphatic heterocycles. The molecule has 6 heteroatoms. The van der Waals surface area contributed by atoms with Gasteiger partial charge in [-0.15, -0.1) is 0 Å². The van der Waals surface area contributed by atoms with Gasteiger partial charge in [0, 0.05) is 5.56 Å². The lowest BCUT2D eigenvalue weighted by Crippen LogP contribution is -2.42. The number of amides is 1. The summed E-state index contributed by atoms with van der Waals surface area (Å²) in [5.41, 5.74) is 0.896. The van der Waals surface area contributed by atoms with Gasteiger partial charge in [0.1, 0.15) is 11.8 Å². The quantitative estimate of drug-likeness (QED) is 0.883. The van der Waals surface area contributed by atoms with E-state index in [1.54, 1.807) is 6.92 Å². The number of nitrogens with zero attached hydrogens (tertiary/aromatic N) is 1. The summed E-state index contributed by atoms with van der Waals surface area (Å²) in [6, 6.07) is 8.38. The van der Waals surface area contributed by atoms with Crippen molar-refractivity contribution >= 4 is 11.9 Å². The van der Waals surface area contributed by atoms with Crippen molar-refractivity contribution in [1.82, 2.24) is 10.3 Å². The van der Waals surface area contributed by atoms with Crippen LogP contribution >= 0.6 is 0 Å². The zero-order valence-electron chi connectivity index (χ0n) is 12.1. The number of nitrogens with one attached hydrogen (secondary N) is 1. The summed E-state index contributed by atoms with van der Waals surface area (Å²) < 4.78 is 5.52. The Hall–Kier alpha value is -2.63. The van der Waals surface area contributed by atoms with E-state index in [4.69, 9.17) is 4.42 Å². The van der Waals surface area contributed by atoms with Gasteiger partial charge in [-0.3, -0.25) is 4.79 Å². The number of aliphatic carboxylic acids is 1. The molecule has 1 aromatic heterocycles. The van der Waals surface area contributed by atoms with Gasteiger partial charge in [0.2, 0.25) is 5.89 Å². The number of carboxylic acid groups (broad SMARTS) is 1. The predicted molar refractivity (Wildman–Crippen MR) is 78.3 cm³/mol. The van der Waals surface area contributed by atoms with Crippen LogP contribution in [-0.2, 0) is 4.79 Å². The Kier molecular flexibility index (Phi) is 3.66. The van der Waals surface area contributed by atoms with E-state index in [-0.39, 0.29) is 11.6 Å². The number of benzene rings is 1. The lowest BCUT2D eigenvalue weighted by atomic mass is 10.2. The molecular weight excluding hydrogens is 284 g/mol. The molecule has 1 aliphatic carbocycles. The third kappa shape index (κ3) is 2.86. The first-order valence-corrected chi connectivity index (χ1v) is 7.13. The largest absolute Gasteiger partial charge is 0.480 e. The van der Waals surface area contributed by atoms with E-state index in [1.807, 2.05) is 30.3 Å². The van der Waals surface area contributed by atoms with Crippen molar-refractivity contribution < 1.29 is 19.1 Å². The lowest BCUT2D eigenvalue weighted by molar-refractivity contribution is -0.139. The first-order valence-electron chi connectivity index (χ1n) is 7.13. The van der Waals surface area contributed by atoms with Crippen LogP contribution in [0.3, 0.4) is 0 Å². The molecule has 3 rings (SSSR count). The van der Waals surface area contributed by atoms with E-state index in [2.05, 4.69) is 10.3 Å². The minimum absolute atomic E-state index is 0.0160. The number of carbonyl (C=O) groups is 2. The molecule has 1 aliphatic rings. The van der Waals surface area contributed by atoms with Crippen molar-refractivity contribution in [3.63, 3.8) is 0 Å². The number of aromatic nitrogens is 1. The summed E-state index contributed by atoms with van der Waals surface area (Å²) in [7, 11) is 0. The average Bonchev–Trinajstić information content (AvgIpc) is 3.27. The van der Waals surface area contributed by atoms with Crippen LogP contribution < -0.4 is 5.32 Å². The van der Waals surface area contributed by atoms with Crippen LogP contribution in [0.4, 0.5) is 0 Å². The Labute approximate surface area is 127 Å². The molecule has 6 nitrogen and oxygen atoms in total. The summed E-state index contributed by atoms with van der Waals surface area (Å²) in [6.45, 7) is 1.64. The van der Waals surface area contributed by atoms with Gasteiger partial charge in [0.05, 0.1) is 0 Å². The monoisotopic (exact) mass is 300 g/mol. The summed E-state index contributed by atoms with van der Waals surface area (Å²) >= 11 is 0. The standard InChI is InChI=1S/C16H16N2O4/c1-9-12(14(19)17-13(16(20)21)10-7-8-10)18-15(22-9)11-5-3-2-4-6-11/h2-6,10,13H,7-8H2,1H3,(H,17,19)(H,20,21). The van der Waals surface area contributed by atoms with E-state index >= 15 is 0 Å². The van der Waals surface area contributed by atoms with Gasteiger partial charge in [-0.25, -0.2) is 9.78 Å². The second-order valence-electron chi connectivity index (χ2n) is 5.42. The summed E-state index contributed by atoms with van der Waals surface area (Å²) in [4.78, 5) is 27.7. The number of hydrogen-bond acceptors (Lipinski definition) is 4. The number of hydrogen-bond donors (Lipinski definition) is 2. The zero-order valence-corrected chi connectivity index (χ0v) is 12.1. The van der Waals surface area contributed by atoms with Crippen LogP contribution in [0.5, 0.6) is 0 Å². The van der Waals surface area contributed by atoms with Gasteiger partial charge < -0.3 is 14.8 Å². The maximum atomic E-state index is 12.3. The highest BCUT2D eigenvalue weighted by Crippen LogP contribution is 2.33. The van der Waals surface area contributed by atoms with E-state index in [0.717, 1.165) is 18.4 Å². The first-order chi connectivity index (χ1) is 10.6. The van der Waals surface area contributed by atoms with Crippen LogP contribution in [0, 0.1) is 12.8 Å². The smallest absolute Gasteiger partial charge is 0.326 e. The third-order valence-corrected chi connectivity index (χ3v) is 3.68. The number of rotatable bonds is 5. The Bertz CT molecular complexity index is 704.